The molecule has 2 aromatic heterocycles. The number of hydrogen-bond donors (Lipinski definition) is 2. The van der Waals surface area contributed by atoms with Gasteiger partial charge in [-0.15, -0.1) is 0 Å². The lowest BCUT2D eigenvalue weighted by Gasteiger charge is -2.13. The third-order valence-electron chi connectivity index (χ3n) is 2.71. The molecule has 19 heavy (non-hydrogen) atoms. The van der Waals surface area contributed by atoms with Gasteiger partial charge in [0.05, 0.1) is 30.0 Å². The first-order chi connectivity index (χ1) is 9.19. The molecular formula is C14H20N4O. The molecule has 0 saturated carbocycles. The minimum atomic E-state index is 0.0110. The van der Waals surface area contributed by atoms with Crippen LogP contribution < -0.4 is 10.6 Å². The molecule has 0 saturated heterocycles. The SMILES string of the molecule is CCCNc1cncc(NC(C)c2ncc(C)o2)c1. The average molecular weight is 260 g/mol. The summed E-state index contributed by atoms with van der Waals surface area (Å²) in [5.41, 5.74) is 1.96. The van der Waals surface area contributed by atoms with E-state index in [1.54, 1.807) is 12.4 Å². The van der Waals surface area contributed by atoms with E-state index in [9.17, 15) is 0 Å². The summed E-state index contributed by atoms with van der Waals surface area (Å²) in [6, 6.07) is 2.05. The summed E-state index contributed by atoms with van der Waals surface area (Å²) in [6.45, 7) is 6.98. The van der Waals surface area contributed by atoms with E-state index >= 15 is 0 Å². The summed E-state index contributed by atoms with van der Waals surface area (Å²) in [5, 5.41) is 6.64. The van der Waals surface area contributed by atoms with Crippen molar-refractivity contribution in [1.29, 1.82) is 0 Å². The zero-order valence-corrected chi connectivity index (χ0v) is 11.6. The molecule has 0 aliphatic carbocycles. The molecule has 0 radical (unpaired) electrons. The molecular weight excluding hydrogens is 240 g/mol. The second-order valence-corrected chi connectivity index (χ2v) is 4.56. The zero-order valence-electron chi connectivity index (χ0n) is 11.6. The maximum Gasteiger partial charge on any atom is 0.216 e. The number of hydrogen-bond acceptors (Lipinski definition) is 5. The van der Waals surface area contributed by atoms with E-state index in [0.29, 0.717) is 5.89 Å². The normalized spacial score (nSPS) is 12.2. The van der Waals surface area contributed by atoms with Crippen molar-refractivity contribution in [2.45, 2.75) is 33.2 Å². The van der Waals surface area contributed by atoms with Gasteiger partial charge in [-0.25, -0.2) is 4.98 Å². The number of oxazole rings is 1. The molecule has 2 aromatic rings. The van der Waals surface area contributed by atoms with Crippen molar-refractivity contribution < 1.29 is 4.42 Å². The zero-order chi connectivity index (χ0) is 13.7. The van der Waals surface area contributed by atoms with E-state index in [4.69, 9.17) is 4.42 Å². The van der Waals surface area contributed by atoms with Crippen molar-refractivity contribution >= 4 is 11.4 Å². The summed E-state index contributed by atoms with van der Waals surface area (Å²) in [6.07, 6.45) is 6.43. The van der Waals surface area contributed by atoms with Gasteiger partial charge < -0.3 is 15.1 Å². The maximum absolute atomic E-state index is 5.50. The number of pyridine rings is 1. The average Bonchev–Trinajstić information content (AvgIpc) is 2.83. The summed E-state index contributed by atoms with van der Waals surface area (Å²) < 4.78 is 5.50. The monoisotopic (exact) mass is 260 g/mol. The molecule has 5 heteroatoms. The van der Waals surface area contributed by atoms with Crippen LogP contribution in [-0.2, 0) is 0 Å². The quantitative estimate of drug-likeness (QED) is 0.833. The van der Waals surface area contributed by atoms with Gasteiger partial charge in [0.15, 0.2) is 0 Å². The van der Waals surface area contributed by atoms with E-state index in [-0.39, 0.29) is 6.04 Å². The van der Waals surface area contributed by atoms with Crippen LogP contribution in [0.5, 0.6) is 0 Å². The standard InChI is InChI=1S/C14H20N4O/c1-4-5-16-12-6-13(9-15-8-12)18-11(3)14-17-7-10(2)19-14/h6-9,11,16,18H,4-5H2,1-3H3. The Hall–Kier alpha value is -2.04. The van der Waals surface area contributed by atoms with E-state index < -0.39 is 0 Å². The Morgan fingerprint density at radius 2 is 2.05 bits per heavy atom. The van der Waals surface area contributed by atoms with E-state index in [1.165, 1.54) is 0 Å². The molecule has 1 unspecified atom stereocenters. The highest BCUT2D eigenvalue weighted by Crippen LogP contribution is 2.20. The van der Waals surface area contributed by atoms with E-state index in [1.807, 2.05) is 26.1 Å². The second kappa shape index (κ2) is 6.22. The fraction of sp³-hybridized carbons (Fsp3) is 0.429. The van der Waals surface area contributed by atoms with Crippen molar-refractivity contribution in [3.05, 3.63) is 36.3 Å². The van der Waals surface area contributed by atoms with Crippen molar-refractivity contribution in [3.8, 4) is 0 Å². The maximum atomic E-state index is 5.50. The molecule has 0 amide bonds. The molecule has 0 aliphatic rings. The van der Waals surface area contributed by atoms with Gasteiger partial charge in [-0.05, 0) is 26.3 Å². The second-order valence-electron chi connectivity index (χ2n) is 4.56. The molecule has 2 heterocycles. The highest BCUT2D eigenvalue weighted by atomic mass is 16.4. The molecule has 0 aromatic carbocycles. The predicted molar refractivity (Wildman–Crippen MR) is 76.3 cm³/mol. The number of nitrogens with one attached hydrogen (secondary N) is 2. The van der Waals surface area contributed by atoms with Crippen molar-refractivity contribution in [3.63, 3.8) is 0 Å². The van der Waals surface area contributed by atoms with Gasteiger partial charge in [-0.2, -0.15) is 0 Å². The summed E-state index contributed by atoms with van der Waals surface area (Å²) in [4.78, 5) is 8.43. The summed E-state index contributed by atoms with van der Waals surface area (Å²) in [7, 11) is 0. The van der Waals surface area contributed by atoms with E-state index in [2.05, 4.69) is 27.5 Å². The van der Waals surface area contributed by atoms with Gasteiger partial charge >= 0.3 is 0 Å². The first kappa shape index (κ1) is 13.4. The van der Waals surface area contributed by atoms with Crippen LogP contribution in [0.2, 0.25) is 0 Å². The van der Waals surface area contributed by atoms with Crippen LogP contribution in [0.3, 0.4) is 0 Å². The minimum Gasteiger partial charge on any atom is -0.444 e. The van der Waals surface area contributed by atoms with E-state index in [0.717, 1.165) is 30.1 Å². The van der Waals surface area contributed by atoms with Crippen LogP contribution in [0, 0.1) is 6.92 Å². The molecule has 0 aliphatic heterocycles. The lowest BCUT2D eigenvalue weighted by atomic mass is 10.3. The van der Waals surface area contributed by atoms with Gasteiger partial charge in [0.25, 0.3) is 0 Å². The molecule has 5 nitrogen and oxygen atoms in total. The van der Waals surface area contributed by atoms with Crippen LogP contribution in [0.4, 0.5) is 11.4 Å². The van der Waals surface area contributed by atoms with Crippen LogP contribution in [0.15, 0.2) is 29.1 Å². The lowest BCUT2D eigenvalue weighted by Crippen LogP contribution is -2.08. The third kappa shape index (κ3) is 3.71. The Kier molecular flexibility index (Phi) is 4.39. The van der Waals surface area contributed by atoms with Gasteiger partial charge in [0, 0.05) is 6.54 Å². The third-order valence-corrected chi connectivity index (χ3v) is 2.71. The molecule has 2 rings (SSSR count). The van der Waals surface area contributed by atoms with Gasteiger partial charge in [0.1, 0.15) is 11.8 Å². The number of aryl methyl sites for hydroxylation is 1. The van der Waals surface area contributed by atoms with Crippen LogP contribution in [0.25, 0.3) is 0 Å². The molecule has 0 bridgehead atoms. The minimum absolute atomic E-state index is 0.0110. The highest BCUT2D eigenvalue weighted by Gasteiger charge is 2.11. The van der Waals surface area contributed by atoms with Crippen molar-refractivity contribution in [2.24, 2.45) is 0 Å². The Balaban J connectivity index is 2.02. The van der Waals surface area contributed by atoms with Crippen molar-refractivity contribution in [2.75, 3.05) is 17.2 Å². The fourth-order valence-electron chi connectivity index (χ4n) is 1.77. The first-order valence-electron chi connectivity index (χ1n) is 6.57. The van der Waals surface area contributed by atoms with Gasteiger partial charge in [-0.1, -0.05) is 6.92 Å². The highest BCUT2D eigenvalue weighted by molar-refractivity contribution is 5.54. The fourth-order valence-corrected chi connectivity index (χ4v) is 1.77. The Bertz CT molecular complexity index is 524. The van der Waals surface area contributed by atoms with Gasteiger partial charge in [-0.3, -0.25) is 4.98 Å². The Labute approximate surface area is 113 Å². The smallest absolute Gasteiger partial charge is 0.216 e. The summed E-state index contributed by atoms with van der Waals surface area (Å²) >= 11 is 0. The van der Waals surface area contributed by atoms with Crippen LogP contribution >= 0.6 is 0 Å². The molecule has 2 N–H and O–H groups in total. The number of nitrogens with zero attached hydrogens (tertiary/aromatic N) is 2. The Morgan fingerprint density at radius 1 is 1.26 bits per heavy atom. The molecule has 1 atom stereocenters. The first-order valence-corrected chi connectivity index (χ1v) is 6.57. The summed E-state index contributed by atoms with van der Waals surface area (Å²) in [5.74, 6) is 1.50. The van der Waals surface area contributed by atoms with Crippen molar-refractivity contribution in [1.82, 2.24) is 9.97 Å². The number of aromatic nitrogens is 2. The molecule has 102 valence electrons. The van der Waals surface area contributed by atoms with Crippen LogP contribution in [-0.4, -0.2) is 16.5 Å². The number of rotatable bonds is 6. The topological polar surface area (TPSA) is 63.0 Å². The predicted octanol–water partition coefficient (Wildman–Crippen LogP) is 3.37. The molecule has 0 fully saturated rings. The molecule has 0 spiro atoms. The number of anilines is 2. The Morgan fingerprint density at radius 3 is 2.74 bits per heavy atom. The lowest BCUT2D eigenvalue weighted by molar-refractivity contribution is 0.453. The van der Waals surface area contributed by atoms with Gasteiger partial charge in [0.2, 0.25) is 5.89 Å². The largest absolute Gasteiger partial charge is 0.444 e. The van der Waals surface area contributed by atoms with Crippen LogP contribution in [0.1, 0.15) is 38.0 Å².